The fraction of sp³-hybridized carbons (Fsp3) is 0.406. The van der Waals surface area contributed by atoms with E-state index in [1.54, 1.807) is 11.1 Å². The monoisotopic (exact) mass is 464 g/mol. The molecule has 0 spiro atoms. The second-order valence-corrected chi connectivity index (χ2v) is 10.3. The zero-order valence-electron chi connectivity index (χ0n) is 20.7. The average Bonchev–Trinajstić information content (AvgIpc) is 2.92. The minimum Gasteiger partial charge on any atom is -0.494 e. The van der Waals surface area contributed by atoms with Gasteiger partial charge in [-0.1, -0.05) is 66.7 Å². The molecule has 3 nitrogen and oxygen atoms in total. The molecule has 1 unspecified atom stereocenters. The molecule has 3 heteroatoms. The van der Waals surface area contributed by atoms with Crippen molar-refractivity contribution in [2.75, 3.05) is 26.2 Å². The first-order valence-electron chi connectivity index (χ1n) is 13.2. The molecule has 0 amide bonds. The summed E-state index contributed by atoms with van der Waals surface area (Å²) >= 11 is 0. The van der Waals surface area contributed by atoms with Crippen LogP contribution in [0.5, 0.6) is 5.75 Å². The van der Waals surface area contributed by atoms with E-state index in [1.807, 2.05) is 24.3 Å². The van der Waals surface area contributed by atoms with Crippen LogP contribution < -0.4 is 4.74 Å². The summed E-state index contributed by atoms with van der Waals surface area (Å²) < 4.78 is 5.90. The van der Waals surface area contributed by atoms with Crippen LogP contribution in [0.1, 0.15) is 48.8 Å². The molecule has 1 fully saturated rings. The number of fused-ring (bicyclic) bond motifs is 1. The van der Waals surface area contributed by atoms with Crippen molar-refractivity contribution in [3.8, 4) is 5.75 Å². The highest BCUT2D eigenvalue weighted by Crippen LogP contribution is 2.48. The van der Waals surface area contributed by atoms with Gasteiger partial charge in [-0.3, -0.25) is 0 Å². The highest BCUT2D eigenvalue weighted by Gasteiger charge is 2.43. The fourth-order valence-corrected chi connectivity index (χ4v) is 6.47. The van der Waals surface area contributed by atoms with Gasteiger partial charge in [0.2, 0.25) is 0 Å². The van der Waals surface area contributed by atoms with Crippen molar-refractivity contribution in [2.45, 2.75) is 50.4 Å². The van der Waals surface area contributed by atoms with Crippen LogP contribution >= 0.6 is 0 Å². The van der Waals surface area contributed by atoms with Crippen LogP contribution in [-0.2, 0) is 18.3 Å². The standard InChI is InChI=1S/C32H36N2O/c1-33-29-14-16-30(17-15-29)35-24-8-21-34-22-18-28(19-23-34)32(25-26-9-3-2-4-10-26)20-7-12-27-11-5-6-13-31(27)32/h2-6,9-11,13-17,28H,7-8,12,18-25H2. The van der Waals surface area contributed by atoms with Crippen LogP contribution in [0, 0.1) is 12.5 Å². The van der Waals surface area contributed by atoms with Gasteiger partial charge in [-0.05, 0) is 92.8 Å². The molecule has 0 saturated carbocycles. The van der Waals surface area contributed by atoms with Gasteiger partial charge in [0.1, 0.15) is 5.75 Å². The van der Waals surface area contributed by atoms with Gasteiger partial charge < -0.3 is 9.64 Å². The summed E-state index contributed by atoms with van der Waals surface area (Å²) in [7, 11) is 0. The smallest absolute Gasteiger partial charge is 0.187 e. The lowest BCUT2D eigenvalue weighted by Crippen LogP contribution is -2.46. The third kappa shape index (κ3) is 5.44. The summed E-state index contributed by atoms with van der Waals surface area (Å²) in [6.45, 7) is 11.2. The Labute approximate surface area is 210 Å². The number of piperidine rings is 1. The minimum atomic E-state index is 0.267. The summed E-state index contributed by atoms with van der Waals surface area (Å²) in [5.74, 6) is 1.59. The van der Waals surface area contributed by atoms with E-state index in [0.717, 1.165) is 37.7 Å². The van der Waals surface area contributed by atoms with E-state index in [2.05, 4.69) is 64.3 Å². The van der Waals surface area contributed by atoms with Crippen molar-refractivity contribution in [1.29, 1.82) is 0 Å². The van der Waals surface area contributed by atoms with E-state index in [-0.39, 0.29) is 5.41 Å². The van der Waals surface area contributed by atoms with Crippen LogP contribution in [0.25, 0.3) is 4.85 Å². The number of benzene rings is 3. The molecule has 0 N–H and O–H groups in total. The average molecular weight is 465 g/mol. The van der Waals surface area contributed by atoms with E-state index in [0.29, 0.717) is 5.69 Å². The van der Waals surface area contributed by atoms with Crippen LogP contribution in [-0.4, -0.2) is 31.1 Å². The Morgan fingerprint density at radius 3 is 2.43 bits per heavy atom. The molecule has 0 bridgehead atoms. The third-order valence-corrected chi connectivity index (χ3v) is 8.21. The normalized spacial score (nSPS) is 20.7. The van der Waals surface area contributed by atoms with Gasteiger partial charge in [-0.2, -0.15) is 0 Å². The van der Waals surface area contributed by atoms with Crippen LogP contribution in [0.2, 0.25) is 0 Å². The summed E-state index contributed by atoms with van der Waals surface area (Å²) in [6, 6.07) is 27.9. The summed E-state index contributed by atoms with van der Waals surface area (Å²) in [5.41, 5.74) is 5.62. The van der Waals surface area contributed by atoms with Gasteiger partial charge in [0.15, 0.2) is 5.69 Å². The topological polar surface area (TPSA) is 16.8 Å². The predicted octanol–water partition coefficient (Wildman–Crippen LogP) is 7.24. The number of hydrogen-bond acceptors (Lipinski definition) is 2. The molecule has 2 aliphatic rings. The molecule has 1 atom stereocenters. The van der Waals surface area contributed by atoms with Gasteiger partial charge in [-0.15, -0.1) is 0 Å². The molecule has 1 aliphatic heterocycles. The number of likely N-dealkylation sites (tertiary alicyclic amines) is 1. The molecule has 35 heavy (non-hydrogen) atoms. The largest absolute Gasteiger partial charge is 0.494 e. The lowest BCUT2D eigenvalue weighted by molar-refractivity contribution is 0.109. The quantitative estimate of drug-likeness (QED) is 0.258. The maximum absolute atomic E-state index is 7.06. The highest BCUT2D eigenvalue weighted by molar-refractivity contribution is 5.47. The Kier molecular flexibility index (Phi) is 7.50. The fourth-order valence-electron chi connectivity index (χ4n) is 6.47. The first-order chi connectivity index (χ1) is 17.3. The van der Waals surface area contributed by atoms with Crippen molar-refractivity contribution < 1.29 is 4.74 Å². The van der Waals surface area contributed by atoms with Gasteiger partial charge in [0, 0.05) is 12.0 Å². The molecule has 5 rings (SSSR count). The number of rotatable bonds is 8. The van der Waals surface area contributed by atoms with Crippen LogP contribution in [0.4, 0.5) is 5.69 Å². The van der Waals surface area contributed by atoms with Gasteiger partial charge >= 0.3 is 0 Å². The van der Waals surface area contributed by atoms with E-state index >= 15 is 0 Å². The van der Waals surface area contributed by atoms with Crippen molar-refractivity contribution in [3.05, 3.63) is 107 Å². The Morgan fingerprint density at radius 1 is 0.914 bits per heavy atom. The van der Waals surface area contributed by atoms with Crippen molar-refractivity contribution >= 4 is 5.69 Å². The number of aryl methyl sites for hydroxylation is 1. The summed E-state index contributed by atoms with van der Waals surface area (Å²) in [6.07, 6.45) is 8.59. The second kappa shape index (κ2) is 11.1. The molecular formula is C32H36N2O. The number of nitrogens with zero attached hydrogens (tertiary/aromatic N) is 2. The first-order valence-corrected chi connectivity index (χ1v) is 13.2. The molecule has 0 aromatic heterocycles. The molecule has 3 aromatic carbocycles. The van der Waals surface area contributed by atoms with E-state index in [9.17, 15) is 0 Å². The van der Waals surface area contributed by atoms with Gasteiger partial charge in [-0.25, -0.2) is 4.85 Å². The zero-order chi connectivity index (χ0) is 23.9. The summed E-state index contributed by atoms with van der Waals surface area (Å²) in [4.78, 5) is 6.07. The Bertz CT molecular complexity index is 1130. The van der Waals surface area contributed by atoms with Crippen LogP contribution in [0.15, 0.2) is 78.9 Å². The molecule has 3 aromatic rings. The Hall–Kier alpha value is -3.09. The first kappa shape index (κ1) is 23.6. The summed E-state index contributed by atoms with van der Waals surface area (Å²) in [5, 5.41) is 0. The van der Waals surface area contributed by atoms with E-state index in [4.69, 9.17) is 11.3 Å². The SMILES string of the molecule is [C-]#[N+]c1ccc(OCCCN2CCC(C3(Cc4ccccc4)CCCc4ccccc43)CC2)cc1. The maximum atomic E-state index is 7.06. The van der Waals surface area contributed by atoms with Crippen molar-refractivity contribution in [2.24, 2.45) is 5.92 Å². The lowest BCUT2D eigenvalue weighted by Gasteiger charge is -2.48. The Balaban J connectivity index is 1.20. The van der Waals surface area contributed by atoms with Gasteiger partial charge in [0.25, 0.3) is 0 Å². The number of hydrogen-bond donors (Lipinski definition) is 0. The van der Waals surface area contributed by atoms with Crippen molar-refractivity contribution in [1.82, 2.24) is 4.90 Å². The third-order valence-electron chi connectivity index (χ3n) is 8.21. The maximum Gasteiger partial charge on any atom is 0.187 e. The van der Waals surface area contributed by atoms with Crippen LogP contribution in [0.3, 0.4) is 0 Å². The minimum absolute atomic E-state index is 0.267. The Morgan fingerprint density at radius 2 is 1.66 bits per heavy atom. The van der Waals surface area contributed by atoms with Crippen molar-refractivity contribution in [3.63, 3.8) is 0 Å². The van der Waals surface area contributed by atoms with Gasteiger partial charge in [0.05, 0.1) is 13.2 Å². The highest BCUT2D eigenvalue weighted by atomic mass is 16.5. The molecular weight excluding hydrogens is 428 g/mol. The molecule has 180 valence electrons. The number of ether oxygens (including phenoxy) is 1. The zero-order valence-corrected chi connectivity index (χ0v) is 20.7. The second-order valence-electron chi connectivity index (χ2n) is 10.3. The lowest BCUT2D eigenvalue weighted by atomic mass is 9.58. The molecule has 1 heterocycles. The predicted molar refractivity (Wildman–Crippen MR) is 143 cm³/mol. The molecule has 0 radical (unpaired) electrons. The molecule has 1 saturated heterocycles. The van der Waals surface area contributed by atoms with E-state index in [1.165, 1.54) is 50.8 Å². The molecule has 1 aliphatic carbocycles. The van der Waals surface area contributed by atoms with E-state index < -0.39 is 0 Å².